The van der Waals surface area contributed by atoms with Gasteiger partial charge in [0, 0.05) is 5.56 Å². The highest BCUT2D eigenvalue weighted by molar-refractivity contribution is 6.34. The van der Waals surface area contributed by atoms with Crippen LogP contribution in [0.3, 0.4) is 0 Å². The van der Waals surface area contributed by atoms with Gasteiger partial charge in [0.1, 0.15) is 5.82 Å². The van der Waals surface area contributed by atoms with E-state index in [1.807, 2.05) is 6.07 Å². The van der Waals surface area contributed by atoms with Crippen LogP contribution in [0.1, 0.15) is 61.1 Å². The van der Waals surface area contributed by atoms with E-state index < -0.39 is 29.7 Å². The Kier molecular flexibility index (Phi) is 5.68. The van der Waals surface area contributed by atoms with Crippen molar-refractivity contribution in [3.05, 3.63) is 100 Å². The van der Waals surface area contributed by atoms with Gasteiger partial charge in [-0.1, -0.05) is 35.5 Å². The predicted octanol–water partition coefficient (Wildman–Crippen LogP) is 5.21. The molecule has 0 saturated heterocycles. The van der Waals surface area contributed by atoms with Crippen molar-refractivity contribution in [3.63, 3.8) is 0 Å². The smallest absolute Gasteiger partial charge is 0.338 e. The second-order valence-corrected chi connectivity index (χ2v) is 8.46. The number of amides is 2. The van der Waals surface area contributed by atoms with Crippen LogP contribution in [0.15, 0.2) is 65.2 Å². The Morgan fingerprint density at radius 2 is 1.72 bits per heavy atom. The Hall–Kier alpha value is -4.66. The number of ether oxygens (including phenoxy) is 1. The number of imide groups is 1. The van der Waals surface area contributed by atoms with Gasteiger partial charge in [0.05, 0.1) is 22.4 Å². The molecule has 1 atom stereocenters. The quantitative estimate of drug-likeness (QED) is 0.282. The van der Waals surface area contributed by atoms with Crippen molar-refractivity contribution < 1.29 is 28.0 Å². The average Bonchev–Trinajstić information content (AvgIpc) is 3.45. The fourth-order valence-electron chi connectivity index (χ4n) is 3.93. The van der Waals surface area contributed by atoms with Crippen molar-refractivity contribution in [1.29, 1.82) is 0 Å². The lowest BCUT2D eigenvalue weighted by Gasteiger charge is -2.16. The van der Waals surface area contributed by atoms with Crippen molar-refractivity contribution in [2.75, 3.05) is 4.90 Å². The van der Waals surface area contributed by atoms with E-state index in [0.29, 0.717) is 16.8 Å². The lowest BCUT2D eigenvalue weighted by atomic mass is 10.1. The second kappa shape index (κ2) is 8.84. The maximum atomic E-state index is 13.9. The van der Waals surface area contributed by atoms with Gasteiger partial charge < -0.3 is 9.26 Å². The molecule has 0 spiro atoms. The highest BCUT2D eigenvalue weighted by Crippen LogP contribution is 2.31. The molecule has 0 N–H and O–H groups in total. The van der Waals surface area contributed by atoms with Gasteiger partial charge in [0.2, 0.25) is 5.82 Å². The van der Waals surface area contributed by atoms with Gasteiger partial charge >= 0.3 is 5.97 Å². The maximum absolute atomic E-state index is 13.9. The van der Waals surface area contributed by atoms with Crippen molar-refractivity contribution >= 4 is 23.5 Å². The van der Waals surface area contributed by atoms with Crippen LogP contribution in [0.2, 0.25) is 0 Å². The molecule has 36 heavy (non-hydrogen) atoms. The van der Waals surface area contributed by atoms with E-state index in [0.717, 1.165) is 10.5 Å². The van der Waals surface area contributed by atoms with Crippen molar-refractivity contribution in [2.45, 2.75) is 26.9 Å². The monoisotopic (exact) mass is 485 g/mol. The average molecular weight is 485 g/mol. The Bertz CT molecular complexity index is 1540. The molecule has 180 valence electrons. The molecule has 0 aliphatic carbocycles. The van der Waals surface area contributed by atoms with Crippen LogP contribution in [-0.4, -0.2) is 27.9 Å². The number of rotatable bonds is 5. The van der Waals surface area contributed by atoms with Crippen molar-refractivity contribution in [2.24, 2.45) is 0 Å². The summed E-state index contributed by atoms with van der Waals surface area (Å²) >= 11 is 0. The number of nitrogens with zero attached hydrogens (tertiary/aromatic N) is 3. The van der Waals surface area contributed by atoms with E-state index in [1.54, 1.807) is 51.1 Å². The molecule has 3 aromatic carbocycles. The Balaban J connectivity index is 1.34. The first-order valence-electron chi connectivity index (χ1n) is 11.1. The largest absolute Gasteiger partial charge is 0.449 e. The fraction of sp³-hybridized carbons (Fsp3) is 0.148. The van der Waals surface area contributed by atoms with Crippen LogP contribution >= 0.6 is 0 Å². The first-order chi connectivity index (χ1) is 17.2. The number of carbonyl (C=O) groups excluding carboxylic acids is 3. The topological polar surface area (TPSA) is 103 Å². The highest BCUT2D eigenvalue weighted by Gasteiger charge is 2.38. The minimum absolute atomic E-state index is 0.0254. The van der Waals surface area contributed by atoms with Crippen molar-refractivity contribution in [3.8, 4) is 11.4 Å². The second-order valence-electron chi connectivity index (χ2n) is 8.46. The van der Waals surface area contributed by atoms with Gasteiger partial charge in [0.25, 0.3) is 17.7 Å². The van der Waals surface area contributed by atoms with E-state index >= 15 is 0 Å². The van der Waals surface area contributed by atoms with Gasteiger partial charge in [-0.3, -0.25) is 9.59 Å². The highest BCUT2D eigenvalue weighted by atomic mass is 19.1. The third-order valence-corrected chi connectivity index (χ3v) is 5.98. The summed E-state index contributed by atoms with van der Waals surface area (Å²) in [6, 6.07) is 15.8. The zero-order chi connectivity index (χ0) is 25.6. The minimum Gasteiger partial charge on any atom is -0.449 e. The van der Waals surface area contributed by atoms with Crippen LogP contribution in [0, 0.1) is 19.7 Å². The van der Waals surface area contributed by atoms with E-state index in [-0.39, 0.29) is 28.4 Å². The number of benzene rings is 3. The first-order valence-corrected chi connectivity index (χ1v) is 11.1. The van der Waals surface area contributed by atoms with Crippen LogP contribution in [0.5, 0.6) is 0 Å². The number of aryl methyl sites for hydroxylation is 2. The third kappa shape index (κ3) is 3.94. The summed E-state index contributed by atoms with van der Waals surface area (Å²) in [5.74, 6) is -1.92. The molecule has 1 aliphatic rings. The number of hydrogen-bond donors (Lipinski definition) is 0. The third-order valence-electron chi connectivity index (χ3n) is 5.98. The standard InChI is InChI=1S/C27H20FN3O5/c1-14-8-9-17(13-21(14)28)23-29-24(36-30-23)16(3)35-27(34)18-10-11-19-20(12-18)26(33)31(25(19)32)22-7-5-4-6-15(22)2/h4-13,16H,1-3H3. The number of halogens is 1. The summed E-state index contributed by atoms with van der Waals surface area (Å²) < 4.78 is 24.5. The molecule has 0 radical (unpaired) electrons. The summed E-state index contributed by atoms with van der Waals surface area (Å²) in [5, 5.41) is 3.84. The van der Waals surface area contributed by atoms with Crippen LogP contribution in [0.4, 0.5) is 10.1 Å². The van der Waals surface area contributed by atoms with Crippen LogP contribution in [0.25, 0.3) is 11.4 Å². The molecule has 1 aliphatic heterocycles. The van der Waals surface area contributed by atoms with Crippen LogP contribution < -0.4 is 4.90 Å². The maximum Gasteiger partial charge on any atom is 0.338 e. The molecule has 1 unspecified atom stereocenters. The Morgan fingerprint density at radius 1 is 0.972 bits per heavy atom. The lowest BCUT2D eigenvalue weighted by molar-refractivity contribution is 0.0265. The lowest BCUT2D eigenvalue weighted by Crippen LogP contribution is -2.29. The Morgan fingerprint density at radius 3 is 2.47 bits per heavy atom. The summed E-state index contributed by atoms with van der Waals surface area (Å²) in [4.78, 5) is 44.1. The van der Waals surface area contributed by atoms with E-state index in [1.165, 1.54) is 24.3 Å². The van der Waals surface area contributed by atoms with E-state index in [4.69, 9.17) is 9.26 Å². The molecule has 2 heterocycles. The molecule has 2 amide bonds. The zero-order valence-electron chi connectivity index (χ0n) is 19.6. The molecular formula is C27H20FN3O5. The van der Waals surface area contributed by atoms with Gasteiger partial charge in [-0.05, 0) is 62.2 Å². The summed E-state index contributed by atoms with van der Waals surface area (Å²) in [5.41, 5.74) is 2.59. The molecule has 0 bridgehead atoms. The van der Waals surface area contributed by atoms with Gasteiger partial charge in [-0.2, -0.15) is 4.98 Å². The SMILES string of the molecule is Cc1ccc(-c2noc(C(C)OC(=O)c3ccc4c(c3)C(=O)N(c3ccccc3C)C4=O)n2)cc1F. The molecule has 4 aromatic rings. The first kappa shape index (κ1) is 23.1. The van der Waals surface area contributed by atoms with Gasteiger partial charge in [-0.15, -0.1) is 0 Å². The number of fused-ring (bicyclic) bond motifs is 1. The van der Waals surface area contributed by atoms with Gasteiger partial charge in [-0.25, -0.2) is 14.1 Å². The normalized spacial score (nSPS) is 13.6. The summed E-state index contributed by atoms with van der Waals surface area (Å²) in [6.07, 6.45) is -0.914. The van der Waals surface area contributed by atoms with E-state index in [9.17, 15) is 18.8 Å². The predicted molar refractivity (Wildman–Crippen MR) is 127 cm³/mol. The zero-order valence-corrected chi connectivity index (χ0v) is 19.6. The number of aromatic nitrogens is 2. The van der Waals surface area contributed by atoms with Gasteiger partial charge in [0.15, 0.2) is 6.10 Å². The molecular weight excluding hydrogens is 465 g/mol. The molecule has 1 aromatic heterocycles. The fourth-order valence-corrected chi connectivity index (χ4v) is 3.93. The number of anilines is 1. The van der Waals surface area contributed by atoms with Crippen LogP contribution in [-0.2, 0) is 4.74 Å². The summed E-state index contributed by atoms with van der Waals surface area (Å²) in [6.45, 7) is 5.00. The number of esters is 1. The molecule has 0 saturated carbocycles. The molecule has 9 heteroatoms. The molecule has 5 rings (SSSR count). The summed E-state index contributed by atoms with van der Waals surface area (Å²) in [7, 11) is 0. The molecule has 8 nitrogen and oxygen atoms in total. The van der Waals surface area contributed by atoms with Crippen molar-refractivity contribution in [1.82, 2.24) is 10.1 Å². The van der Waals surface area contributed by atoms with E-state index in [2.05, 4.69) is 10.1 Å². The molecule has 0 fully saturated rings. The Labute approximate surface area is 205 Å². The minimum atomic E-state index is -0.914. The number of hydrogen-bond acceptors (Lipinski definition) is 7. The number of para-hydroxylation sites is 1. The number of carbonyl (C=O) groups is 3.